The first kappa shape index (κ1) is 13.0. The lowest BCUT2D eigenvalue weighted by Gasteiger charge is -2.35. The van der Waals surface area contributed by atoms with Gasteiger partial charge in [0.1, 0.15) is 17.4 Å². The Morgan fingerprint density at radius 2 is 2.28 bits per heavy atom. The summed E-state index contributed by atoms with van der Waals surface area (Å²) in [5, 5.41) is 0. The number of furan rings is 1. The van der Waals surface area contributed by atoms with Crippen molar-refractivity contribution in [1.29, 1.82) is 0 Å². The number of rotatable bonds is 1. The molecule has 1 aliphatic heterocycles. The highest BCUT2D eigenvalue weighted by atomic mass is 16.6. The van der Waals surface area contributed by atoms with E-state index in [-0.39, 0.29) is 12.1 Å². The van der Waals surface area contributed by atoms with Crippen LogP contribution in [-0.4, -0.2) is 36.4 Å². The van der Waals surface area contributed by atoms with E-state index in [9.17, 15) is 4.79 Å². The molecule has 0 saturated carbocycles. The van der Waals surface area contributed by atoms with Crippen molar-refractivity contribution >= 4 is 6.09 Å². The molecule has 1 amide bonds. The molecule has 1 aliphatic rings. The third-order valence-corrected chi connectivity index (χ3v) is 2.63. The molecule has 0 N–H and O–H groups in total. The fraction of sp³-hybridized carbons (Fsp3) is 0.615. The highest BCUT2D eigenvalue weighted by Crippen LogP contribution is 2.26. The molecule has 1 atom stereocenters. The van der Waals surface area contributed by atoms with Crippen LogP contribution >= 0.6 is 0 Å². The maximum absolute atomic E-state index is 12.1. The largest absolute Gasteiger partial charge is 0.467 e. The number of amides is 1. The van der Waals surface area contributed by atoms with Crippen LogP contribution in [0.3, 0.4) is 0 Å². The molecule has 5 nitrogen and oxygen atoms in total. The van der Waals surface area contributed by atoms with E-state index in [4.69, 9.17) is 13.9 Å². The van der Waals surface area contributed by atoms with Gasteiger partial charge in [-0.2, -0.15) is 0 Å². The van der Waals surface area contributed by atoms with Crippen molar-refractivity contribution in [2.75, 3.05) is 19.8 Å². The van der Waals surface area contributed by atoms with Gasteiger partial charge in [0, 0.05) is 6.54 Å². The lowest BCUT2D eigenvalue weighted by atomic mass is 10.2. The molecule has 5 heteroatoms. The van der Waals surface area contributed by atoms with Gasteiger partial charge in [0.25, 0.3) is 0 Å². The van der Waals surface area contributed by atoms with Gasteiger partial charge < -0.3 is 13.9 Å². The zero-order chi connectivity index (χ0) is 13.2. The van der Waals surface area contributed by atoms with Gasteiger partial charge in [0.15, 0.2) is 0 Å². The molecule has 0 aromatic carbocycles. The van der Waals surface area contributed by atoms with E-state index >= 15 is 0 Å². The van der Waals surface area contributed by atoms with Crippen molar-refractivity contribution in [3.63, 3.8) is 0 Å². The minimum atomic E-state index is -0.497. The third kappa shape index (κ3) is 3.04. The van der Waals surface area contributed by atoms with Crippen molar-refractivity contribution in [3.05, 3.63) is 24.2 Å². The minimum Gasteiger partial charge on any atom is -0.467 e. The molecule has 1 aromatic rings. The van der Waals surface area contributed by atoms with Gasteiger partial charge in [-0.25, -0.2) is 4.79 Å². The molecule has 100 valence electrons. The predicted octanol–water partition coefficient (Wildman–Crippen LogP) is 2.59. The summed E-state index contributed by atoms with van der Waals surface area (Å²) >= 11 is 0. The summed E-state index contributed by atoms with van der Waals surface area (Å²) in [4.78, 5) is 13.8. The van der Waals surface area contributed by atoms with Crippen LogP contribution in [0.15, 0.2) is 22.8 Å². The first-order valence-electron chi connectivity index (χ1n) is 6.08. The second-order valence-corrected chi connectivity index (χ2v) is 5.28. The molecule has 2 heterocycles. The molecule has 1 fully saturated rings. The maximum Gasteiger partial charge on any atom is 0.411 e. The topological polar surface area (TPSA) is 51.9 Å². The van der Waals surface area contributed by atoms with Crippen LogP contribution in [0.2, 0.25) is 0 Å². The molecular formula is C13H19NO4. The van der Waals surface area contributed by atoms with Crippen molar-refractivity contribution in [2.45, 2.75) is 32.4 Å². The molecule has 1 saturated heterocycles. The fourth-order valence-corrected chi connectivity index (χ4v) is 1.86. The Morgan fingerprint density at radius 1 is 1.50 bits per heavy atom. The van der Waals surface area contributed by atoms with Gasteiger partial charge in [-0.3, -0.25) is 4.90 Å². The zero-order valence-corrected chi connectivity index (χ0v) is 11.0. The summed E-state index contributed by atoms with van der Waals surface area (Å²) in [6, 6.07) is 3.44. The van der Waals surface area contributed by atoms with Crippen LogP contribution in [0.1, 0.15) is 32.6 Å². The Bertz CT molecular complexity index is 394. The first-order chi connectivity index (χ1) is 8.47. The van der Waals surface area contributed by atoms with Crippen LogP contribution in [0.5, 0.6) is 0 Å². The number of hydrogen-bond donors (Lipinski definition) is 0. The van der Waals surface area contributed by atoms with Gasteiger partial charge in [-0.1, -0.05) is 0 Å². The van der Waals surface area contributed by atoms with Gasteiger partial charge in [-0.15, -0.1) is 0 Å². The summed E-state index contributed by atoms with van der Waals surface area (Å²) in [6.07, 6.45) is 1.27. The number of hydrogen-bond acceptors (Lipinski definition) is 4. The van der Waals surface area contributed by atoms with Crippen molar-refractivity contribution in [1.82, 2.24) is 4.90 Å². The van der Waals surface area contributed by atoms with E-state index in [0.29, 0.717) is 19.8 Å². The molecule has 0 bridgehead atoms. The average molecular weight is 253 g/mol. The number of ether oxygens (including phenoxy) is 2. The van der Waals surface area contributed by atoms with E-state index in [1.165, 1.54) is 0 Å². The second-order valence-electron chi connectivity index (χ2n) is 5.28. The summed E-state index contributed by atoms with van der Waals surface area (Å²) < 4.78 is 16.2. The van der Waals surface area contributed by atoms with E-state index < -0.39 is 5.60 Å². The van der Waals surface area contributed by atoms with Crippen molar-refractivity contribution in [3.8, 4) is 0 Å². The molecular weight excluding hydrogens is 234 g/mol. The summed E-state index contributed by atoms with van der Waals surface area (Å²) in [7, 11) is 0. The van der Waals surface area contributed by atoms with Crippen LogP contribution < -0.4 is 0 Å². The number of nitrogens with zero attached hydrogens (tertiary/aromatic N) is 1. The highest BCUT2D eigenvalue weighted by Gasteiger charge is 2.33. The monoisotopic (exact) mass is 253 g/mol. The lowest BCUT2D eigenvalue weighted by molar-refractivity contribution is -0.0377. The molecule has 18 heavy (non-hydrogen) atoms. The standard InChI is InChI=1S/C13H19NO4/c1-13(2,3)18-12(15)14-6-8-16-9-10(14)11-5-4-7-17-11/h4-5,7,10H,6,8-9H2,1-3H3. The Morgan fingerprint density at radius 3 is 2.89 bits per heavy atom. The van der Waals surface area contributed by atoms with Gasteiger partial charge >= 0.3 is 6.09 Å². The number of carbonyl (C=O) groups is 1. The van der Waals surface area contributed by atoms with Crippen LogP contribution in [0, 0.1) is 0 Å². The fourth-order valence-electron chi connectivity index (χ4n) is 1.86. The van der Waals surface area contributed by atoms with Gasteiger partial charge in [0.2, 0.25) is 0 Å². The van der Waals surface area contributed by atoms with Crippen molar-refractivity contribution in [2.24, 2.45) is 0 Å². The molecule has 0 aliphatic carbocycles. The van der Waals surface area contributed by atoms with E-state index in [1.807, 2.05) is 26.8 Å². The molecule has 1 unspecified atom stereocenters. The predicted molar refractivity (Wildman–Crippen MR) is 65.2 cm³/mol. The minimum absolute atomic E-state index is 0.205. The van der Waals surface area contributed by atoms with Crippen molar-refractivity contribution < 1.29 is 18.7 Å². The number of carbonyl (C=O) groups excluding carboxylic acids is 1. The van der Waals surface area contributed by atoms with E-state index in [1.54, 1.807) is 17.2 Å². The lowest BCUT2D eigenvalue weighted by Crippen LogP contribution is -2.45. The Kier molecular flexibility index (Phi) is 3.61. The van der Waals surface area contributed by atoms with Crippen LogP contribution in [-0.2, 0) is 9.47 Å². The zero-order valence-electron chi connectivity index (χ0n) is 11.0. The first-order valence-corrected chi connectivity index (χ1v) is 6.08. The molecule has 0 spiro atoms. The normalized spacial score (nSPS) is 20.8. The Balaban J connectivity index is 2.11. The Hall–Kier alpha value is -1.49. The average Bonchev–Trinajstić information content (AvgIpc) is 2.80. The third-order valence-electron chi connectivity index (χ3n) is 2.63. The summed E-state index contributed by atoms with van der Waals surface area (Å²) in [6.45, 7) is 7.04. The molecule has 0 radical (unpaired) electrons. The van der Waals surface area contributed by atoms with Crippen LogP contribution in [0.25, 0.3) is 0 Å². The highest BCUT2D eigenvalue weighted by molar-refractivity contribution is 5.68. The summed E-state index contributed by atoms with van der Waals surface area (Å²) in [5.74, 6) is 0.723. The SMILES string of the molecule is CC(C)(C)OC(=O)N1CCOCC1c1ccco1. The van der Waals surface area contributed by atoms with Gasteiger partial charge in [-0.05, 0) is 32.9 Å². The maximum atomic E-state index is 12.1. The second kappa shape index (κ2) is 5.02. The summed E-state index contributed by atoms with van der Waals surface area (Å²) in [5.41, 5.74) is -0.497. The Labute approximate surface area is 107 Å². The molecule has 2 rings (SSSR count). The molecule has 1 aromatic heterocycles. The quantitative estimate of drug-likeness (QED) is 0.772. The van der Waals surface area contributed by atoms with E-state index in [0.717, 1.165) is 5.76 Å². The van der Waals surface area contributed by atoms with Gasteiger partial charge in [0.05, 0.1) is 19.5 Å². The van der Waals surface area contributed by atoms with Crippen LogP contribution in [0.4, 0.5) is 4.79 Å². The number of morpholine rings is 1. The smallest absolute Gasteiger partial charge is 0.411 e. The van der Waals surface area contributed by atoms with E-state index in [2.05, 4.69) is 0 Å².